The molecule has 0 bridgehead atoms. The second-order valence-corrected chi connectivity index (χ2v) is 10.1. The van der Waals surface area contributed by atoms with Gasteiger partial charge in [-0.15, -0.1) is 0 Å². The first-order valence-electron chi connectivity index (χ1n) is 9.94. The number of nitrogens with one attached hydrogen (secondary N) is 1. The highest BCUT2D eigenvalue weighted by molar-refractivity contribution is 8.11. The van der Waals surface area contributed by atoms with Gasteiger partial charge in [0.2, 0.25) is 11.8 Å². The Morgan fingerprint density at radius 3 is 2.29 bits per heavy atom. The fourth-order valence-corrected chi connectivity index (χ4v) is 5.37. The molecule has 0 saturated carbocycles. The van der Waals surface area contributed by atoms with Gasteiger partial charge in [-0.3, -0.25) is 9.59 Å². The van der Waals surface area contributed by atoms with Crippen LogP contribution < -0.4 is 5.32 Å². The van der Waals surface area contributed by atoms with E-state index in [-0.39, 0.29) is 13.1 Å². The molecular weight excluding hydrogens is 459 g/mol. The van der Waals surface area contributed by atoms with Crippen LogP contribution in [0.25, 0.3) is 0 Å². The van der Waals surface area contributed by atoms with E-state index in [1.807, 2.05) is 0 Å². The average Bonchev–Trinajstić information content (AvgIpc) is 3.20. The van der Waals surface area contributed by atoms with Gasteiger partial charge >= 0.3 is 15.4 Å². The van der Waals surface area contributed by atoms with Crippen molar-refractivity contribution in [3.8, 4) is 0 Å². The van der Waals surface area contributed by atoms with E-state index in [4.69, 9.17) is 10.7 Å². The third-order valence-corrected chi connectivity index (χ3v) is 7.13. The van der Waals surface area contributed by atoms with Crippen molar-refractivity contribution in [3.63, 3.8) is 0 Å². The van der Waals surface area contributed by atoms with Gasteiger partial charge < -0.3 is 10.2 Å². The van der Waals surface area contributed by atoms with Crippen LogP contribution in [0.2, 0.25) is 0 Å². The molecule has 2 aliphatic heterocycles. The van der Waals surface area contributed by atoms with Crippen molar-refractivity contribution in [2.45, 2.75) is 56.9 Å². The maximum absolute atomic E-state index is 13.1. The van der Waals surface area contributed by atoms with Crippen LogP contribution in [0.1, 0.15) is 43.2 Å². The van der Waals surface area contributed by atoms with Gasteiger partial charge in [-0.2, -0.15) is 25.9 Å². The number of carbonyl (C=O) groups is 2. The lowest BCUT2D eigenvalue weighted by molar-refractivity contribution is -0.142. The van der Waals surface area contributed by atoms with E-state index in [1.54, 1.807) is 0 Å². The van der Waals surface area contributed by atoms with Gasteiger partial charge in [-0.05, 0) is 43.4 Å². The molecule has 12 heteroatoms. The normalized spacial score (nSPS) is 23.0. The minimum absolute atomic E-state index is 0.0150. The SMILES string of the molecule is O=C(NCc1ccc(C(F)(F)F)cc1)C1CCCN1C(=O)[C@H]1CCCCN1S(=O)(=O)Cl. The summed E-state index contributed by atoms with van der Waals surface area (Å²) in [5.74, 6) is -0.877. The van der Waals surface area contributed by atoms with Crippen molar-refractivity contribution in [3.05, 3.63) is 35.4 Å². The number of benzene rings is 1. The predicted molar refractivity (Wildman–Crippen MR) is 107 cm³/mol. The molecule has 172 valence electrons. The summed E-state index contributed by atoms with van der Waals surface area (Å²) in [6.07, 6.45) is -1.81. The Morgan fingerprint density at radius 1 is 1.03 bits per heavy atom. The molecule has 2 atom stereocenters. The van der Waals surface area contributed by atoms with Gasteiger partial charge in [0.15, 0.2) is 0 Å². The van der Waals surface area contributed by atoms with E-state index >= 15 is 0 Å². The van der Waals surface area contributed by atoms with Crippen molar-refractivity contribution in [2.24, 2.45) is 0 Å². The van der Waals surface area contributed by atoms with Crippen LogP contribution >= 0.6 is 10.7 Å². The van der Waals surface area contributed by atoms with Gasteiger partial charge in [0.05, 0.1) is 5.56 Å². The smallest absolute Gasteiger partial charge is 0.350 e. The van der Waals surface area contributed by atoms with Crippen LogP contribution in [-0.2, 0) is 31.5 Å². The maximum Gasteiger partial charge on any atom is 0.416 e. The Hall–Kier alpha value is -1.85. The number of halogens is 4. The molecule has 0 spiro atoms. The molecule has 2 amide bonds. The summed E-state index contributed by atoms with van der Waals surface area (Å²) < 4.78 is 62.6. The monoisotopic (exact) mass is 481 g/mol. The molecule has 1 unspecified atom stereocenters. The van der Waals surface area contributed by atoms with Crippen molar-refractivity contribution in [1.29, 1.82) is 0 Å². The molecule has 0 aliphatic carbocycles. The van der Waals surface area contributed by atoms with Crippen LogP contribution in [0.5, 0.6) is 0 Å². The molecule has 0 aromatic heterocycles. The number of nitrogens with zero attached hydrogens (tertiary/aromatic N) is 2. The molecule has 2 heterocycles. The van der Waals surface area contributed by atoms with Crippen molar-refractivity contribution in [1.82, 2.24) is 14.5 Å². The van der Waals surface area contributed by atoms with Crippen LogP contribution in [0.4, 0.5) is 13.2 Å². The second kappa shape index (κ2) is 9.33. The van der Waals surface area contributed by atoms with Crippen molar-refractivity contribution in [2.75, 3.05) is 13.1 Å². The zero-order valence-corrected chi connectivity index (χ0v) is 18.1. The number of amides is 2. The average molecular weight is 482 g/mol. The quantitative estimate of drug-likeness (QED) is 0.655. The number of alkyl halides is 3. The molecule has 1 aromatic carbocycles. The summed E-state index contributed by atoms with van der Waals surface area (Å²) in [6, 6.07) is 2.76. The first-order chi connectivity index (χ1) is 14.5. The van der Waals surface area contributed by atoms with E-state index in [0.29, 0.717) is 44.2 Å². The van der Waals surface area contributed by atoms with Gasteiger partial charge in [-0.25, -0.2) is 0 Å². The Morgan fingerprint density at radius 2 is 1.68 bits per heavy atom. The standard InChI is InChI=1S/C19H23ClF3N3O4S/c20-31(29,30)26-11-2-1-4-16(26)18(28)25-10-3-5-15(25)17(27)24-12-13-6-8-14(9-7-13)19(21,22)23/h6-9,15-16H,1-5,10-12H2,(H,24,27)/t15?,16-/m1/s1. The number of hydrogen-bond donors (Lipinski definition) is 1. The molecule has 7 nitrogen and oxygen atoms in total. The van der Waals surface area contributed by atoms with Gasteiger partial charge in [-0.1, -0.05) is 18.6 Å². The maximum atomic E-state index is 13.1. The largest absolute Gasteiger partial charge is 0.416 e. The summed E-state index contributed by atoms with van der Waals surface area (Å²) in [5, 5.41) is 2.66. The van der Waals surface area contributed by atoms with E-state index in [1.165, 1.54) is 17.0 Å². The van der Waals surface area contributed by atoms with Crippen LogP contribution in [-0.4, -0.2) is 54.6 Å². The lowest BCUT2D eigenvalue weighted by atomic mass is 10.0. The fourth-order valence-electron chi connectivity index (χ4n) is 4.03. The Bertz CT molecular complexity index is 924. The van der Waals surface area contributed by atoms with E-state index < -0.39 is 44.9 Å². The minimum atomic E-state index is -4.43. The number of rotatable bonds is 5. The molecule has 2 fully saturated rings. The van der Waals surface area contributed by atoms with Crippen LogP contribution in [0, 0.1) is 0 Å². The number of piperidine rings is 1. The Labute approximate surface area is 183 Å². The zero-order chi connectivity index (χ0) is 22.8. The summed E-state index contributed by atoms with van der Waals surface area (Å²) in [4.78, 5) is 27.1. The van der Waals surface area contributed by atoms with Gasteiger partial charge in [0.25, 0.3) is 0 Å². The Balaban J connectivity index is 1.64. The summed E-state index contributed by atoms with van der Waals surface area (Å²) in [5.41, 5.74) is -0.287. The minimum Gasteiger partial charge on any atom is -0.350 e. The zero-order valence-electron chi connectivity index (χ0n) is 16.6. The van der Waals surface area contributed by atoms with Crippen LogP contribution in [0.3, 0.4) is 0 Å². The molecular formula is C19H23ClF3N3O4S. The van der Waals surface area contributed by atoms with Gasteiger partial charge in [0.1, 0.15) is 12.1 Å². The molecule has 1 aromatic rings. The van der Waals surface area contributed by atoms with E-state index in [0.717, 1.165) is 16.4 Å². The first kappa shape index (κ1) is 23.8. The number of hydrogen-bond acceptors (Lipinski definition) is 4. The second-order valence-electron chi connectivity index (χ2n) is 7.67. The molecule has 2 aliphatic rings. The van der Waals surface area contributed by atoms with E-state index in [2.05, 4.69) is 5.32 Å². The van der Waals surface area contributed by atoms with Crippen molar-refractivity contribution >= 4 is 31.7 Å². The summed E-state index contributed by atoms with van der Waals surface area (Å²) >= 11 is 0. The summed E-state index contributed by atoms with van der Waals surface area (Å²) in [7, 11) is 1.42. The number of carbonyl (C=O) groups excluding carboxylic acids is 2. The predicted octanol–water partition coefficient (Wildman–Crippen LogP) is 2.65. The van der Waals surface area contributed by atoms with Crippen molar-refractivity contribution < 1.29 is 31.2 Å². The van der Waals surface area contributed by atoms with Crippen LogP contribution in [0.15, 0.2) is 24.3 Å². The fraction of sp³-hybridized carbons (Fsp3) is 0.579. The topological polar surface area (TPSA) is 86.8 Å². The molecule has 31 heavy (non-hydrogen) atoms. The highest BCUT2D eigenvalue weighted by Crippen LogP contribution is 2.29. The third-order valence-electron chi connectivity index (χ3n) is 5.61. The molecule has 1 N–H and O–H groups in total. The van der Waals surface area contributed by atoms with E-state index in [9.17, 15) is 31.2 Å². The van der Waals surface area contributed by atoms with Gasteiger partial charge in [0, 0.05) is 30.3 Å². The summed E-state index contributed by atoms with van der Waals surface area (Å²) in [6.45, 7) is 0.492. The molecule has 0 radical (unpaired) electrons. The number of likely N-dealkylation sites (tertiary alicyclic amines) is 1. The molecule has 2 saturated heterocycles. The lowest BCUT2D eigenvalue weighted by Gasteiger charge is -2.35. The molecule has 3 rings (SSSR count). The highest BCUT2D eigenvalue weighted by Gasteiger charge is 2.42. The third kappa shape index (κ3) is 5.69. The lowest BCUT2D eigenvalue weighted by Crippen LogP contribution is -2.55. The first-order valence-corrected chi connectivity index (χ1v) is 12.2. The highest BCUT2D eigenvalue weighted by atomic mass is 35.7. The Kier molecular flexibility index (Phi) is 7.17.